The van der Waals surface area contributed by atoms with Crippen molar-refractivity contribution in [1.29, 1.82) is 0 Å². The van der Waals surface area contributed by atoms with E-state index in [1.807, 2.05) is 24.3 Å². The lowest BCUT2D eigenvalue weighted by atomic mass is 10.1. The van der Waals surface area contributed by atoms with Crippen LogP contribution in [0.2, 0.25) is 0 Å². The van der Waals surface area contributed by atoms with E-state index < -0.39 is 0 Å². The maximum absolute atomic E-state index is 12.4. The van der Waals surface area contributed by atoms with Crippen molar-refractivity contribution < 1.29 is 9.53 Å². The van der Waals surface area contributed by atoms with Crippen LogP contribution in [-0.2, 0) is 16.1 Å². The zero-order chi connectivity index (χ0) is 16.4. The number of carbonyl (C=O) groups excluding carboxylic acids is 1. The Hall–Kier alpha value is -1.73. The Morgan fingerprint density at radius 3 is 2.74 bits per heavy atom. The minimum absolute atomic E-state index is 0.0738. The highest BCUT2D eigenvalue weighted by molar-refractivity contribution is 5.79. The third-order valence-corrected chi connectivity index (χ3v) is 4.35. The van der Waals surface area contributed by atoms with Crippen molar-refractivity contribution in [2.75, 3.05) is 38.7 Å². The average Bonchev–Trinajstić information content (AvgIpc) is 2.67. The van der Waals surface area contributed by atoms with Gasteiger partial charge >= 0.3 is 0 Å². The lowest BCUT2D eigenvalue weighted by molar-refractivity contribution is -0.133. The predicted molar refractivity (Wildman–Crippen MR) is 86.9 cm³/mol. The monoisotopic (exact) mass is 319 g/mol. The molecule has 0 spiro atoms. The molecule has 3 heterocycles. The highest BCUT2D eigenvalue weighted by Gasteiger charge is 2.37. The number of rotatable bonds is 4. The quantitative estimate of drug-likeness (QED) is 0.876. The van der Waals surface area contributed by atoms with E-state index in [1.165, 1.54) is 0 Å². The van der Waals surface area contributed by atoms with Crippen molar-refractivity contribution in [3.05, 3.63) is 18.0 Å². The van der Waals surface area contributed by atoms with Crippen LogP contribution in [0.25, 0.3) is 0 Å². The molecule has 0 unspecified atom stereocenters. The highest BCUT2D eigenvalue weighted by Crippen LogP contribution is 2.21. The Morgan fingerprint density at radius 1 is 1.30 bits per heavy atom. The first-order chi connectivity index (χ1) is 11.0. The molecule has 2 fully saturated rings. The predicted octanol–water partition coefficient (Wildman–Crippen LogP) is 0.586. The topological polar surface area (TPSA) is 70.6 Å². The summed E-state index contributed by atoms with van der Waals surface area (Å²) in [6.07, 6.45) is 3.72. The number of amides is 1. The van der Waals surface area contributed by atoms with Crippen LogP contribution >= 0.6 is 0 Å². The molecule has 1 amide bonds. The maximum atomic E-state index is 12.4. The first-order valence-corrected chi connectivity index (χ1v) is 8.17. The minimum Gasteiger partial charge on any atom is -0.378 e. The standard InChI is InChI=1S/C16H25N5O2/c1-11(2)19-16-17-4-12(5-18-16)6-21-7-13-9-23-10-14(8-21)20(3)15(13)22/h4-5,11,13-14H,6-10H2,1-3H3,(H,17,18,19)/t13-,14+/m1/s1. The molecule has 7 heteroatoms. The summed E-state index contributed by atoms with van der Waals surface area (Å²) in [5.74, 6) is 0.776. The SMILES string of the molecule is CC(C)Nc1ncc(CN2C[C@@H]3COC[C@H](C2)N(C)C3=O)cn1. The van der Waals surface area contributed by atoms with Gasteiger partial charge in [-0.3, -0.25) is 9.69 Å². The third kappa shape index (κ3) is 3.79. The Kier molecular flexibility index (Phi) is 4.77. The second-order valence-electron chi connectivity index (χ2n) is 6.75. The maximum Gasteiger partial charge on any atom is 0.229 e. The summed E-state index contributed by atoms with van der Waals surface area (Å²) < 4.78 is 5.63. The van der Waals surface area contributed by atoms with E-state index >= 15 is 0 Å². The summed E-state index contributed by atoms with van der Waals surface area (Å²) in [7, 11) is 1.88. The molecule has 1 aromatic rings. The van der Waals surface area contributed by atoms with Crippen molar-refractivity contribution in [1.82, 2.24) is 19.8 Å². The Morgan fingerprint density at radius 2 is 2.04 bits per heavy atom. The van der Waals surface area contributed by atoms with Crippen LogP contribution in [0.1, 0.15) is 19.4 Å². The molecule has 0 aromatic carbocycles. The van der Waals surface area contributed by atoms with Crippen LogP contribution in [0.5, 0.6) is 0 Å². The Balaban J connectivity index is 1.67. The van der Waals surface area contributed by atoms with Gasteiger partial charge in [0, 0.05) is 50.7 Å². The fraction of sp³-hybridized carbons (Fsp3) is 0.688. The first kappa shape index (κ1) is 16.1. The molecule has 0 aliphatic carbocycles. The number of ether oxygens (including phenoxy) is 1. The van der Waals surface area contributed by atoms with E-state index in [1.54, 1.807) is 0 Å². The van der Waals surface area contributed by atoms with Gasteiger partial charge in [-0.1, -0.05) is 0 Å². The molecular formula is C16H25N5O2. The van der Waals surface area contributed by atoms with Gasteiger partial charge in [0.15, 0.2) is 0 Å². The number of likely N-dealkylation sites (N-methyl/N-ethyl adjacent to an activating group) is 1. The van der Waals surface area contributed by atoms with Gasteiger partial charge in [-0.25, -0.2) is 9.97 Å². The number of anilines is 1. The molecule has 2 bridgehead atoms. The highest BCUT2D eigenvalue weighted by atomic mass is 16.5. The summed E-state index contributed by atoms with van der Waals surface area (Å²) in [4.78, 5) is 25.2. The number of hydrogen-bond donors (Lipinski definition) is 1. The molecule has 2 aliphatic rings. The summed E-state index contributed by atoms with van der Waals surface area (Å²) >= 11 is 0. The second kappa shape index (κ2) is 6.80. The summed E-state index contributed by atoms with van der Waals surface area (Å²) in [5, 5.41) is 3.19. The average molecular weight is 319 g/mol. The third-order valence-electron chi connectivity index (χ3n) is 4.35. The van der Waals surface area contributed by atoms with Crippen molar-refractivity contribution >= 4 is 11.9 Å². The van der Waals surface area contributed by atoms with E-state index in [2.05, 4.69) is 34.0 Å². The van der Waals surface area contributed by atoms with Crippen LogP contribution < -0.4 is 5.32 Å². The summed E-state index contributed by atoms with van der Waals surface area (Å²) in [6.45, 7) is 7.56. The summed E-state index contributed by atoms with van der Waals surface area (Å²) in [6, 6.07) is 0.435. The molecule has 7 nitrogen and oxygen atoms in total. The van der Waals surface area contributed by atoms with Crippen molar-refractivity contribution in [3.8, 4) is 0 Å². The van der Waals surface area contributed by atoms with Crippen molar-refractivity contribution in [2.24, 2.45) is 5.92 Å². The number of carbonyl (C=O) groups is 1. The van der Waals surface area contributed by atoms with Gasteiger partial charge in [0.2, 0.25) is 11.9 Å². The van der Waals surface area contributed by atoms with Crippen LogP contribution in [0.4, 0.5) is 5.95 Å². The summed E-state index contributed by atoms with van der Waals surface area (Å²) in [5.41, 5.74) is 1.07. The molecule has 126 valence electrons. The number of nitrogens with one attached hydrogen (secondary N) is 1. The van der Waals surface area contributed by atoms with Gasteiger partial charge in [-0.2, -0.15) is 0 Å². The zero-order valence-electron chi connectivity index (χ0n) is 14.0. The van der Waals surface area contributed by atoms with Gasteiger partial charge in [-0.15, -0.1) is 0 Å². The van der Waals surface area contributed by atoms with Crippen LogP contribution in [0.3, 0.4) is 0 Å². The second-order valence-corrected chi connectivity index (χ2v) is 6.75. The molecular weight excluding hydrogens is 294 g/mol. The van der Waals surface area contributed by atoms with E-state index in [-0.39, 0.29) is 17.9 Å². The fourth-order valence-electron chi connectivity index (χ4n) is 3.14. The minimum atomic E-state index is -0.0738. The van der Waals surface area contributed by atoms with E-state index in [0.717, 1.165) is 25.2 Å². The fourth-order valence-corrected chi connectivity index (χ4v) is 3.14. The van der Waals surface area contributed by atoms with Crippen LogP contribution in [0.15, 0.2) is 12.4 Å². The molecule has 1 aromatic heterocycles. The molecule has 0 saturated carbocycles. The van der Waals surface area contributed by atoms with Crippen LogP contribution in [-0.4, -0.2) is 71.1 Å². The molecule has 2 saturated heterocycles. The van der Waals surface area contributed by atoms with Gasteiger partial charge in [0.25, 0.3) is 0 Å². The molecule has 0 radical (unpaired) electrons. The molecule has 2 aliphatic heterocycles. The number of hydrogen-bond acceptors (Lipinski definition) is 6. The van der Waals surface area contributed by atoms with Crippen molar-refractivity contribution in [2.45, 2.75) is 32.5 Å². The number of fused-ring (bicyclic) bond motifs is 3. The Bertz CT molecular complexity index is 548. The number of aromatic nitrogens is 2. The lowest BCUT2D eigenvalue weighted by Gasteiger charge is -2.29. The first-order valence-electron chi connectivity index (χ1n) is 8.17. The normalized spacial score (nSPS) is 25.6. The van der Waals surface area contributed by atoms with Crippen LogP contribution in [0, 0.1) is 5.92 Å². The van der Waals surface area contributed by atoms with Gasteiger partial charge in [0.1, 0.15) is 0 Å². The van der Waals surface area contributed by atoms with E-state index in [4.69, 9.17) is 4.74 Å². The van der Waals surface area contributed by atoms with Gasteiger partial charge in [-0.05, 0) is 13.8 Å². The molecule has 2 atom stereocenters. The largest absolute Gasteiger partial charge is 0.378 e. The lowest BCUT2D eigenvalue weighted by Crippen LogP contribution is -2.42. The Labute approximate surface area is 137 Å². The smallest absolute Gasteiger partial charge is 0.229 e. The van der Waals surface area contributed by atoms with Crippen molar-refractivity contribution in [3.63, 3.8) is 0 Å². The van der Waals surface area contributed by atoms with Gasteiger partial charge < -0.3 is 15.0 Å². The van der Waals surface area contributed by atoms with E-state index in [0.29, 0.717) is 25.2 Å². The number of nitrogens with zero attached hydrogens (tertiary/aromatic N) is 4. The molecule has 3 rings (SSSR count). The van der Waals surface area contributed by atoms with E-state index in [9.17, 15) is 4.79 Å². The molecule has 1 N–H and O–H groups in total. The molecule has 23 heavy (non-hydrogen) atoms. The van der Waals surface area contributed by atoms with Gasteiger partial charge in [0.05, 0.1) is 25.2 Å². The zero-order valence-corrected chi connectivity index (χ0v) is 14.0.